The Morgan fingerprint density at radius 3 is 1.55 bits per heavy atom. The minimum atomic E-state index is -3.36. The maximum atomic E-state index is 13.1. The van der Waals surface area contributed by atoms with Gasteiger partial charge in [-0.25, -0.2) is 0 Å². The number of hydrogen-bond acceptors (Lipinski definition) is 3. The molecule has 0 saturated carbocycles. The zero-order chi connectivity index (χ0) is 9.07. The fraction of sp³-hybridized carbons (Fsp3) is 1.00. The lowest BCUT2D eigenvalue weighted by Gasteiger charge is -2.11. The van der Waals surface area contributed by atoms with Crippen LogP contribution in [-0.2, 0) is 9.05 Å². The summed E-state index contributed by atoms with van der Waals surface area (Å²) in [4.78, 5) is 0. The van der Waals surface area contributed by atoms with Crippen LogP contribution >= 0.6 is 19.5 Å². The second kappa shape index (κ2) is 4.61. The normalized spacial score (nSPS) is 13.1. The first-order valence-corrected chi connectivity index (χ1v) is 6.18. The molecule has 0 aromatic rings. The topological polar surface area (TPSA) is 18.5 Å². The molecule has 0 unspecified atom stereocenters. The summed E-state index contributed by atoms with van der Waals surface area (Å²) >= 11 is 3.67. The van der Waals surface area contributed by atoms with Crippen LogP contribution in [0.2, 0.25) is 0 Å². The van der Waals surface area contributed by atoms with E-state index < -0.39 is 7.23 Å². The van der Waals surface area contributed by atoms with Crippen molar-refractivity contribution in [3.8, 4) is 0 Å². The van der Waals surface area contributed by atoms with E-state index in [1.807, 2.05) is 0 Å². The third-order valence-corrected chi connectivity index (χ3v) is 2.61. The van der Waals surface area contributed by atoms with E-state index >= 15 is 0 Å². The van der Waals surface area contributed by atoms with E-state index in [0.29, 0.717) is 0 Å². The Morgan fingerprint density at radius 1 is 1.09 bits per heavy atom. The predicted molar refractivity (Wildman–Crippen MR) is 49.5 cm³/mol. The van der Waals surface area contributed by atoms with Crippen LogP contribution in [-0.4, -0.2) is 12.2 Å². The molecule has 5 heteroatoms. The number of rotatable bonds is 4. The number of thiol groups is 1. The van der Waals surface area contributed by atoms with Gasteiger partial charge in [-0.2, -0.15) is 9.05 Å². The fourth-order valence-corrected chi connectivity index (χ4v) is 2.77. The van der Waals surface area contributed by atoms with E-state index in [1.54, 1.807) is 27.7 Å². The summed E-state index contributed by atoms with van der Waals surface area (Å²) in [5.74, 6) is 0. The first kappa shape index (κ1) is 11.6. The van der Waals surface area contributed by atoms with Gasteiger partial charge in [0, 0.05) is 4.20 Å². The van der Waals surface area contributed by atoms with Gasteiger partial charge in [0.1, 0.15) is 24.5 Å². The van der Waals surface area contributed by atoms with E-state index in [4.69, 9.17) is 9.05 Å². The molecule has 0 amide bonds. The molecule has 0 fully saturated rings. The first-order chi connectivity index (χ1) is 4.83. The number of halogens is 1. The molecule has 0 aliphatic carbocycles. The highest BCUT2D eigenvalue weighted by Gasteiger charge is 2.43. The zero-order valence-electron chi connectivity index (χ0n) is 7.24. The van der Waals surface area contributed by atoms with Crippen LogP contribution in [0.5, 0.6) is 0 Å². The van der Waals surface area contributed by atoms with Gasteiger partial charge < -0.3 is 0 Å². The van der Waals surface area contributed by atoms with Gasteiger partial charge in [-0.1, -0.05) is 0 Å². The summed E-state index contributed by atoms with van der Waals surface area (Å²) in [5, 5.41) is 0. The Kier molecular flexibility index (Phi) is 4.87. The zero-order valence-corrected chi connectivity index (χ0v) is 9.03. The molecular weight excluding hydrogens is 186 g/mol. The van der Waals surface area contributed by atoms with Gasteiger partial charge in [-0.15, -0.1) is 0 Å². The minimum absolute atomic E-state index is 0.190. The highest BCUT2D eigenvalue weighted by atomic mass is 32.7. The molecule has 0 heterocycles. The van der Waals surface area contributed by atoms with Gasteiger partial charge in [-0.3, -0.25) is 0 Å². The van der Waals surface area contributed by atoms with Crippen LogP contribution < -0.4 is 0 Å². The quantitative estimate of drug-likeness (QED) is 0.555. The Labute approximate surface area is 73.2 Å². The highest BCUT2D eigenvalue weighted by Crippen LogP contribution is 2.68. The summed E-state index contributed by atoms with van der Waals surface area (Å²) in [5.41, 5.74) is 0. The molecule has 0 rings (SSSR count). The molecule has 0 aromatic heterocycles. The summed E-state index contributed by atoms with van der Waals surface area (Å²) < 4.78 is 22.8. The molecule has 68 valence electrons. The molecular formula is C6H15FO2PS+. The van der Waals surface area contributed by atoms with Gasteiger partial charge in [0.05, 0.1) is 0 Å². The molecule has 0 atom stereocenters. The Hall–Kier alpha value is 0.630. The van der Waals surface area contributed by atoms with Crippen LogP contribution in [0.4, 0.5) is 4.20 Å². The molecule has 2 nitrogen and oxygen atoms in total. The van der Waals surface area contributed by atoms with Crippen molar-refractivity contribution in [1.82, 2.24) is 0 Å². The van der Waals surface area contributed by atoms with Crippen molar-refractivity contribution < 1.29 is 13.2 Å². The van der Waals surface area contributed by atoms with Crippen molar-refractivity contribution in [3.63, 3.8) is 0 Å². The van der Waals surface area contributed by atoms with E-state index in [0.717, 1.165) is 0 Å². The van der Waals surface area contributed by atoms with E-state index in [9.17, 15) is 4.20 Å². The maximum Gasteiger partial charge on any atom is 0.531 e. The van der Waals surface area contributed by atoms with Crippen molar-refractivity contribution in [2.75, 3.05) is 0 Å². The van der Waals surface area contributed by atoms with Crippen LogP contribution in [0.15, 0.2) is 0 Å². The SMILES string of the molecule is CC(C)O[P+](F)(S)OC(C)C. The van der Waals surface area contributed by atoms with Gasteiger partial charge in [0.15, 0.2) is 0 Å². The summed E-state index contributed by atoms with van der Waals surface area (Å²) in [6.45, 7) is 6.98. The predicted octanol–water partition coefficient (Wildman–Crippen LogP) is 3.41. The lowest BCUT2D eigenvalue weighted by atomic mass is 10.5. The maximum absolute atomic E-state index is 13.1. The van der Waals surface area contributed by atoms with Gasteiger partial charge in [0.2, 0.25) is 0 Å². The molecule has 0 aromatic carbocycles. The van der Waals surface area contributed by atoms with Gasteiger partial charge in [-0.05, 0) is 27.7 Å². The largest absolute Gasteiger partial charge is 0.531 e. The monoisotopic (exact) mass is 201 g/mol. The fourth-order valence-electron chi connectivity index (χ4n) is 0.545. The third-order valence-electron chi connectivity index (χ3n) is 0.682. The van der Waals surface area contributed by atoms with Crippen molar-refractivity contribution in [1.29, 1.82) is 0 Å². The Bertz CT molecular complexity index is 107. The average Bonchev–Trinajstić information content (AvgIpc) is 1.53. The van der Waals surface area contributed by atoms with E-state index in [2.05, 4.69) is 12.2 Å². The van der Waals surface area contributed by atoms with Gasteiger partial charge in [0.25, 0.3) is 0 Å². The van der Waals surface area contributed by atoms with Gasteiger partial charge >= 0.3 is 7.23 Å². The molecule has 0 bridgehead atoms. The van der Waals surface area contributed by atoms with Crippen LogP contribution in [0.1, 0.15) is 27.7 Å². The summed E-state index contributed by atoms with van der Waals surface area (Å²) in [7, 11) is -3.36. The van der Waals surface area contributed by atoms with Crippen molar-refractivity contribution in [2.45, 2.75) is 39.9 Å². The highest BCUT2D eigenvalue weighted by molar-refractivity contribution is 8.47. The standard InChI is InChI=1S/C6H15FO2PS/c1-5(2)8-10(7,11)9-6(3)4/h5-6,11H,1-4H3/q+1. The molecule has 0 N–H and O–H groups in total. The molecule has 11 heavy (non-hydrogen) atoms. The van der Waals surface area contributed by atoms with Crippen molar-refractivity contribution in [2.24, 2.45) is 0 Å². The molecule has 0 radical (unpaired) electrons. The van der Waals surface area contributed by atoms with Crippen molar-refractivity contribution >= 4 is 19.5 Å². The Morgan fingerprint density at radius 2 is 1.36 bits per heavy atom. The molecule has 0 aliphatic rings. The lowest BCUT2D eigenvalue weighted by Crippen LogP contribution is -2.06. The lowest BCUT2D eigenvalue weighted by molar-refractivity contribution is 0.152. The molecule has 0 spiro atoms. The van der Waals surface area contributed by atoms with Crippen LogP contribution in [0.3, 0.4) is 0 Å². The molecule has 0 saturated heterocycles. The van der Waals surface area contributed by atoms with Crippen molar-refractivity contribution in [3.05, 3.63) is 0 Å². The second-order valence-corrected chi connectivity index (χ2v) is 5.52. The third kappa shape index (κ3) is 7.01. The average molecular weight is 201 g/mol. The number of hydrogen-bond donors (Lipinski definition) is 1. The Balaban J connectivity index is 3.79. The van der Waals surface area contributed by atoms with E-state index in [-0.39, 0.29) is 12.2 Å². The molecule has 0 aliphatic heterocycles. The minimum Gasteiger partial charge on any atom is -0.162 e. The van der Waals surface area contributed by atoms with E-state index in [1.165, 1.54) is 0 Å². The van der Waals surface area contributed by atoms with Crippen LogP contribution in [0.25, 0.3) is 0 Å². The second-order valence-electron chi connectivity index (χ2n) is 2.76. The summed E-state index contributed by atoms with van der Waals surface area (Å²) in [6.07, 6.45) is -0.380. The summed E-state index contributed by atoms with van der Waals surface area (Å²) in [6, 6.07) is 0. The van der Waals surface area contributed by atoms with Crippen LogP contribution in [0, 0.1) is 0 Å². The smallest absolute Gasteiger partial charge is 0.162 e. The first-order valence-electron chi connectivity index (χ1n) is 3.51.